The molecule has 15 nitrogen and oxygen atoms in total. The van der Waals surface area contributed by atoms with E-state index in [4.69, 9.17) is 23.7 Å². The van der Waals surface area contributed by atoms with E-state index >= 15 is 0 Å². The number of anilines is 1. The first-order valence-electron chi connectivity index (χ1n) is 21.3. The van der Waals surface area contributed by atoms with Gasteiger partial charge in [-0.3, -0.25) is 24.5 Å². The van der Waals surface area contributed by atoms with Gasteiger partial charge in [0.25, 0.3) is 5.91 Å². The maximum Gasteiger partial charge on any atom is 0.255 e. The van der Waals surface area contributed by atoms with Gasteiger partial charge in [-0.2, -0.15) is 0 Å². The fraction of sp³-hybridized carbons (Fsp3) is 0.375. The fourth-order valence-corrected chi connectivity index (χ4v) is 7.43. The Hall–Kier alpha value is -6.26. The van der Waals surface area contributed by atoms with Crippen LogP contribution in [-0.2, 0) is 39.9 Å². The summed E-state index contributed by atoms with van der Waals surface area (Å²) < 4.78 is 28.2. The lowest BCUT2D eigenvalue weighted by Crippen LogP contribution is -2.52. The van der Waals surface area contributed by atoms with E-state index in [0.29, 0.717) is 90.2 Å². The highest BCUT2D eigenvalue weighted by Gasteiger charge is 2.39. The summed E-state index contributed by atoms with van der Waals surface area (Å²) in [7, 11) is 0. The molecule has 1 fully saturated rings. The number of carbonyl (C=O) groups excluding carboxylic acids is 4. The minimum Gasteiger partial charge on any atom is -0.508 e. The van der Waals surface area contributed by atoms with Crippen molar-refractivity contribution in [2.24, 2.45) is 0 Å². The van der Waals surface area contributed by atoms with Gasteiger partial charge < -0.3 is 49.4 Å². The number of amides is 4. The number of phenolic OH excluding ortho intramolecular Hbond substituents is 2. The van der Waals surface area contributed by atoms with Gasteiger partial charge in [-0.25, -0.2) is 0 Å². The van der Waals surface area contributed by atoms with Crippen LogP contribution in [0.2, 0.25) is 0 Å². The quantitative estimate of drug-likeness (QED) is 0.0329. The van der Waals surface area contributed by atoms with E-state index < -0.39 is 11.9 Å². The molecule has 0 spiro atoms. The highest BCUT2D eigenvalue weighted by molar-refractivity contribution is 6.06. The number of ether oxygens (including phenoxy) is 5. The minimum atomic E-state index is -0.654. The Kier molecular flexibility index (Phi) is 17.5. The van der Waals surface area contributed by atoms with Crippen molar-refractivity contribution in [2.45, 2.75) is 45.2 Å². The van der Waals surface area contributed by atoms with Crippen LogP contribution in [0.5, 0.6) is 17.2 Å². The van der Waals surface area contributed by atoms with Crippen LogP contribution in [0.25, 0.3) is 11.1 Å². The van der Waals surface area contributed by atoms with Crippen LogP contribution in [0.4, 0.5) is 5.69 Å². The van der Waals surface area contributed by atoms with Crippen LogP contribution in [0, 0.1) is 0 Å². The third-order valence-corrected chi connectivity index (χ3v) is 10.6. The van der Waals surface area contributed by atoms with Crippen molar-refractivity contribution in [3.63, 3.8) is 0 Å². The molecule has 0 aromatic heterocycles. The lowest BCUT2D eigenvalue weighted by atomic mass is 9.88. The summed E-state index contributed by atoms with van der Waals surface area (Å²) >= 11 is 0. The molecule has 1 unspecified atom stereocenters. The summed E-state index contributed by atoms with van der Waals surface area (Å²) in [5.74, 6) is -0.0238. The molecule has 0 saturated carbocycles. The molecule has 4 aromatic carbocycles. The number of allylic oxidation sites excluding steroid dienone is 1. The minimum absolute atomic E-state index is 0.135. The Morgan fingerprint density at radius 3 is 1.92 bits per heavy atom. The number of rotatable bonds is 25. The van der Waals surface area contributed by atoms with Gasteiger partial charge >= 0.3 is 0 Å². The number of hydrogen-bond acceptors (Lipinski definition) is 12. The Morgan fingerprint density at radius 1 is 0.714 bits per heavy atom. The van der Waals surface area contributed by atoms with E-state index in [0.717, 1.165) is 45.5 Å². The number of nitrogens with zero attached hydrogens (tertiary/aromatic N) is 1. The molecular weight excluding hydrogens is 809 g/mol. The molecule has 2 heterocycles. The van der Waals surface area contributed by atoms with Crippen molar-refractivity contribution >= 4 is 40.5 Å². The first kappa shape index (κ1) is 46.2. The van der Waals surface area contributed by atoms with E-state index in [2.05, 4.69) is 22.9 Å². The zero-order valence-electron chi connectivity index (χ0n) is 35.6. The number of nitrogens with one attached hydrogen (secondary N) is 3. The van der Waals surface area contributed by atoms with E-state index in [1.165, 1.54) is 4.90 Å². The standard InChI is InChI=1S/C48H56N4O11/c1-2-39(33-6-12-36(53)13-7-33)46(34-8-14-37(54)15-9-34)35-10-16-38(17-11-35)63-25-22-50-44(55)20-23-59-26-28-61-30-31-62-29-27-60-24-21-49-42-5-3-4-40-41(42)32-52(48(40)58)43-18-19-45(56)51-47(43)57/h3-17,43,49,53-54H,2,18-32H2,1H3,(H,50,55)(H,51,56,57). The number of fused-ring (bicyclic) bond motifs is 1. The highest BCUT2D eigenvalue weighted by Crippen LogP contribution is 2.36. The topological polar surface area (TPSA) is 194 Å². The first-order chi connectivity index (χ1) is 30.7. The molecule has 4 amide bonds. The lowest BCUT2D eigenvalue weighted by molar-refractivity contribution is -0.137. The van der Waals surface area contributed by atoms with Crippen LogP contribution in [-0.4, -0.2) is 117 Å². The first-order valence-corrected chi connectivity index (χ1v) is 21.3. The second-order valence-corrected chi connectivity index (χ2v) is 14.9. The second kappa shape index (κ2) is 23.8. The number of hydrogen-bond donors (Lipinski definition) is 5. The van der Waals surface area contributed by atoms with E-state index in [1.54, 1.807) is 36.4 Å². The molecule has 15 heteroatoms. The van der Waals surface area contributed by atoms with Crippen molar-refractivity contribution in [3.05, 3.63) is 119 Å². The van der Waals surface area contributed by atoms with Gasteiger partial charge in [0.1, 0.15) is 29.9 Å². The zero-order valence-corrected chi connectivity index (χ0v) is 35.6. The summed E-state index contributed by atoms with van der Waals surface area (Å²) in [5.41, 5.74) is 7.24. The fourth-order valence-electron chi connectivity index (χ4n) is 7.43. The van der Waals surface area contributed by atoms with E-state index in [-0.39, 0.29) is 48.7 Å². The van der Waals surface area contributed by atoms with Gasteiger partial charge in [-0.1, -0.05) is 49.4 Å². The van der Waals surface area contributed by atoms with Crippen molar-refractivity contribution < 1.29 is 53.1 Å². The molecule has 0 bridgehead atoms. The summed E-state index contributed by atoms with van der Waals surface area (Å²) in [5, 5.41) is 28.2. The monoisotopic (exact) mass is 864 g/mol. The molecule has 0 aliphatic carbocycles. The molecule has 334 valence electrons. The second-order valence-electron chi connectivity index (χ2n) is 14.9. The van der Waals surface area contributed by atoms with Crippen molar-refractivity contribution in [1.29, 1.82) is 0 Å². The number of phenols is 2. The molecule has 63 heavy (non-hydrogen) atoms. The van der Waals surface area contributed by atoms with Gasteiger partial charge in [0.05, 0.1) is 59.4 Å². The molecule has 2 aliphatic heterocycles. The number of aromatic hydroxyl groups is 2. The van der Waals surface area contributed by atoms with Crippen LogP contribution >= 0.6 is 0 Å². The molecular formula is C48H56N4O11. The van der Waals surface area contributed by atoms with Gasteiger partial charge in [-0.05, 0) is 89.2 Å². The highest BCUT2D eigenvalue weighted by atomic mass is 16.6. The molecule has 4 aromatic rings. The van der Waals surface area contributed by atoms with E-state index in [9.17, 15) is 29.4 Å². The number of imide groups is 1. The summed E-state index contributed by atoms with van der Waals surface area (Å²) in [4.78, 5) is 50.7. The lowest BCUT2D eigenvalue weighted by Gasteiger charge is -2.29. The summed E-state index contributed by atoms with van der Waals surface area (Å²) in [6.07, 6.45) is 1.50. The molecule has 5 N–H and O–H groups in total. The molecule has 0 radical (unpaired) electrons. The average Bonchev–Trinajstić information content (AvgIpc) is 3.62. The number of carbonyl (C=O) groups is 4. The normalized spacial score (nSPS) is 15.2. The van der Waals surface area contributed by atoms with Crippen molar-refractivity contribution in [3.8, 4) is 17.2 Å². The Labute approximate surface area is 367 Å². The maximum absolute atomic E-state index is 13.0. The molecule has 6 rings (SSSR count). The summed E-state index contributed by atoms with van der Waals surface area (Å²) in [6, 6.07) is 26.8. The Bertz CT molecular complexity index is 2180. The number of benzene rings is 4. The molecule has 1 atom stereocenters. The van der Waals surface area contributed by atoms with Gasteiger partial charge in [0, 0.05) is 42.7 Å². The Morgan fingerprint density at radius 2 is 1.30 bits per heavy atom. The van der Waals surface area contributed by atoms with Crippen molar-refractivity contribution in [1.82, 2.24) is 15.5 Å². The number of piperidine rings is 1. The van der Waals surface area contributed by atoms with E-state index in [1.807, 2.05) is 54.6 Å². The molecule has 1 saturated heterocycles. The Balaban J connectivity index is 0.767. The molecule has 2 aliphatic rings. The average molecular weight is 865 g/mol. The largest absolute Gasteiger partial charge is 0.508 e. The maximum atomic E-state index is 13.0. The van der Waals surface area contributed by atoms with Crippen LogP contribution in [0.1, 0.15) is 65.2 Å². The zero-order chi connectivity index (χ0) is 44.4. The van der Waals surface area contributed by atoms with Crippen LogP contribution in [0.3, 0.4) is 0 Å². The third kappa shape index (κ3) is 13.4. The smallest absolute Gasteiger partial charge is 0.255 e. The van der Waals surface area contributed by atoms with Gasteiger partial charge in [-0.15, -0.1) is 0 Å². The predicted octanol–water partition coefficient (Wildman–Crippen LogP) is 5.29. The van der Waals surface area contributed by atoms with Crippen molar-refractivity contribution in [2.75, 3.05) is 77.9 Å². The van der Waals surface area contributed by atoms with Crippen LogP contribution < -0.4 is 20.7 Å². The summed E-state index contributed by atoms with van der Waals surface area (Å²) in [6.45, 7) is 6.62. The predicted molar refractivity (Wildman–Crippen MR) is 236 cm³/mol. The van der Waals surface area contributed by atoms with Gasteiger partial charge in [0.15, 0.2) is 0 Å². The van der Waals surface area contributed by atoms with Crippen LogP contribution in [0.15, 0.2) is 91.0 Å². The SMILES string of the molecule is CCC(=C(c1ccc(O)cc1)c1ccc(OCCNC(=O)CCOCCOCCOCCOCCNc2cccc3c2CN(C2CCC(=O)NC2=O)C3=O)cc1)c1ccc(O)cc1. The van der Waals surface area contributed by atoms with Gasteiger partial charge in [0.2, 0.25) is 17.7 Å². The third-order valence-electron chi connectivity index (χ3n) is 10.6.